The van der Waals surface area contributed by atoms with E-state index in [1.807, 2.05) is 54.6 Å². The molecule has 1 heterocycles. The molecule has 0 fully saturated rings. The van der Waals surface area contributed by atoms with Gasteiger partial charge in [-0.25, -0.2) is 0 Å². The molecule has 0 saturated heterocycles. The fraction of sp³-hybridized carbons (Fsp3) is 0.0526. The molecule has 23 heavy (non-hydrogen) atoms. The molecule has 4 heteroatoms. The first kappa shape index (κ1) is 14.1. The molecular weight excluding hydrogens is 307 g/mol. The minimum absolute atomic E-state index is 0.141. The second kappa shape index (κ2) is 5.29. The van der Waals surface area contributed by atoms with E-state index in [4.69, 9.17) is 4.52 Å². The topological polar surface area (TPSA) is 46.5 Å². The SMILES string of the molecule is O=P1(Cc2ccccc2O)Oc2ccccc2-c2ccccc21. The summed E-state index contributed by atoms with van der Waals surface area (Å²) in [5.74, 6) is 0.771. The molecule has 1 aliphatic rings. The molecule has 0 radical (unpaired) electrons. The number of rotatable bonds is 2. The predicted octanol–water partition coefficient (Wildman–Crippen LogP) is 4.56. The van der Waals surface area contributed by atoms with Gasteiger partial charge in [0, 0.05) is 11.1 Å². The third-order valence-electron chi connectivity index (χ3n) is 4.06. The van der Waals surface area contributed by atoms with Crippen LogP contribution in [-0.2, 0) is 10.7 Å². The highest BCUT2D eigenvalue weighted by Gasteiger charge is 2.36. The number of phenols is 1. The molecule has 114 valence electrons. The van der Waals surface area contributed by atoms with E-state index in [1.54, 1.807) is 18.2 Å². The van der Waals surface area contributed by atoms with Crippen molar-refractivity contribution in [2.24, 2.45) is 0 Å². The Morgan fingerprint density at radius 3 is 2.30 bits per heavy atom. The maximum Gasteiger partial charge on any atom is 0.282 e. The van der Waals surface area contributed by atoms with Crippen molar-refractivity contribution in [2.45, 2.75) is 6.16 Å². The van der Waals surface area contributed by atoms with Crippen LogP contribution in [0.4, 0.5) is 0 Å². The molecule has 4 rings (SSSR count). The van der Waals surface area contributed by atoms with Gasteiger partial charge in [-0.05, 0) is 23.8 Å². The molecule has 0 bridgehead atoms. The largest absolute Gasteiger partial charge is 0.508 e. The normalized spacial score (nSPS) is 18.6. The number of fused-ring (bicyclic) bond motifs is 3. The molecule has 0 amide bonds. The van der Waals surface area contributed by atoms with Crippen LogP contribution in [0.5, 0.6) is 11.5 Å². The number of hydrogen-bond acceptors (Lipinski definition) is 3. The minimum atomic E-state index is -3.14. The van der Waals surface area contributed by atoms with Crippen LogP contribution < -0.4 is 9.83 Å². The Bertz CT molecular complexity index is 933. The fourth-order valence-corrected chi connectivity index (χ4v) is 5.36. The van der Waals surface area contributed by atoms with E-state index in [1.165, 1.54) is 0 Å². The van der Waals surface area contributed by atoms with E-state index in [9.17, 15) is 9.67 Å². The van der Waals surface area contributed by atoms with Crippen LogP contribution in [0.2, 0.25) is 0 Å². The number of hydrogen-bond donors (Lipinski definition) is 1. The van der Waals surface area contributed by atoms with Gasteiger partial charge in [0.05, 0.1) is 11.5 Å². The Morgan fingerprint density at radius 2 is 1.48 bits per heavy atom. The zero-order valence-corrected chi connectivity index (χ0v) is 13.2. The lowest BCUT2D eigenvalue weighted by Gasteiger charge is -2.28. The van der Waals surface area contributed by atoms with E-state index in [-0.39, 0.29) is 11.9 Å². The van der Waals surface area contributed by atoms with Crippen molar-refractivity contribution in [2.75, 3.05) is 0 Å². The average Bonchev–Trinajstić information content (AvgIpc) is 2.57. The summed E-state index contributed by atoms with van der Waals surface area (Å²) in [6, 6.07) is 22.2. The van der Waals surface area contributed by atoms with Gasteiger partial charge in [0.15, 0.2) is 0 Å². The number of aromatic hydroxyl groups is 1. The minimum Gasteiger partial charge on any atom is -0.508 e. The number of benzene rings is 3. The Hall–Kier alpha value is -2.51. The van der Waals surface area contributed by atoms with Gasteiger partial charge in [-0.3, -0.25) is 4.57 Å². The molecule has 0 aromatic heterocycles. The van der Waals surface area contributed by atoms with Crippen LogP contribution in [0.1, 0.15) is 5.56 Å². The van der Waals surface area contributed by atoms with E-state index < -0.39 is 7.37 Å². The molecule has 3 nitrogen and oxygen atoms in total. The summed E-state index contributed by atoms with van der Waals surface area (Å²) in [6.07, 6.45) is 0.172. The van der Waals surface area contributed by atoms with E-state index in [0.29, 0.717) is 16.6 Å². The lowest BCUT2D eigenvalue weighted by atomic mass is 10.0. The number of para-hydroxylation sites is 2. The molecule has 1 N–H and O–H groups in total. The smallest absolute Gasteiger partial charge is 0.282 e. The van der Waals surface area contributed by atoms with Crippen LogP contribution in [-0.4, -0.2) is 5.11 Å². The molecule has 1 aliphatic heterocycles. The maximum absolute atomic E-state index is 13.6. The van der Waals surface area contributed by atoms with Crippen molar-refractivity contribution in [3.8, 4) is 22.6 Å². The third-order valence-corrected chi connectivity index (χ3v) is 6.44. The van der Waals surface area contributed by atoms with Gasteiger partial charge in [0.2, 0.25) is 0 Å². The lowest BCUT2D eigenvalue weighted by molar-refractivity contribution is 0.464. The van der Waals surface area contributed by atoms with Crippen molar-refractivity contribution >= 4 is 12.7 Å². The first-order valence-corrected chi connectivity index (χ1v) is 9.23. The summed E-state index contributed by atoms with van der Waals surface area (Å²) < 4.78 is 19.6. The Kier molecular flexibility index (Phi) is 3.24. The summed E-state index contributed by atoms with van der Waals surface area (Å²) in [7, 11) is -3.14. The zero-order chi connectivity index (χ0) is 15.9. The van der Waals surface area contributed by atoms with Crippen molar-refractivity contribution in [1.29, 1.82) is 0 Å². The summed E-state index contributed by atoms with van der Waals surface area (Å²) >= 11 is 0. The maximum atomic E-state index is 13.6. The van der Waals surface area contributed by atoms with Crippen LogP contribution in [0.3, 0.4) is 0 Å². The second-order valence-electron chi connectivity index (χ2n) is 5.56. The average molecular weight is 322 g/mol. The van der Waals surface area contributed by atoms with Gasteiger partial charge in [-0.2, -0.15) is 0 Å². The molecule has 0 saturated carbocycles. The summed E-state index contributed by atoms with van der Waals surface area (Å²) in [4.78, 5) is 0. The molecule has 1 atom stereocenters. The first-order chi connectivity index (χ1) is 11.2. The quantitative estimate of drug-likeness (QED) is 0.704. The Morgan fingerprint density at radius 1 is 0.826 bits per heavy atom. The van der Waals surface area contributed by atoms with Gasteiger partial charge < -0.3 is 9.63 Å². The molecular formula is C19H15O3P. The van der Waals surface area contributed by atoms with Crippen molar-refractivity contribution < 1.29 is 14.2 Å². The van der Waals surface area contributed by atoms with Crippen LogP contribution in [0.15, 0.2) is 72.8 Å². The third kappa shape index (κ3) is 2.34. The summed E-state index contributed by atoms with van der Waals surface area (Å²) in [6.45, 7) is 0. The molecule has 0 spiro atoms. The van der Waals surface area contributed by atoms with Crippen LogP contribution in [0, 0.1) is 0 Å². The van der Waals surface area contributed by atoms with Crippen LogP contribution >= 0.6 is 7.37 Å². The summed E-state index contributed by atoms with van der Waals surface area (Å²) in [5, 5.41) is 10.7. The Balaban J connectivity index is 1.87. The molecule has 3 aromatic carbocycles. The van der Waals surface area contributed by atoms with E-state index in [0.717, 1.165) is 11.1 Å². The highest BCUT2D eigenvalue weighted by atomic mass is 31.2. The van der Waals surface area contributed by atoms with Crippen molar-refractivity contribution in [3.63, 3.8) is 0 Å². The van der Waals surface area contributed by atoms with Gasteiger partial charge >= 0.3 is 0 Å². The molecule has 3 aromatic rings. The van der Waals surface area contributed by atoms with Gasteiger partial charge in [-0.1, -0.05) is 54.6 Å². The first-order valence-electron chi connectivity index (χ1n) is 7.42. The van der Waals surface area contributed by atoms with Gasteiger partial charge in [0.1, 0.15) is 11.5 Å². The standard InChI is InChI=1S/C19H15O3P/c20-17-10-4-1-7-14(17)13-23(21)19-12-6-3-9-16(19)15-8-2-5-11-18(15)22-23/h1-12,20H,13H2. The monoisotopic (exact) mass is 322 g/mol. The van der Waals surface area contributed by atoms with E-state index >= 15 is 0 Å². The second-order valence-corrected chi connectivity index (χ2v) is 7.89. The van der Waals surface area contributed by atoms with Crippen molar-refractivity contribution in [1.82, 2.24) is 0 Å². The molecule has 1 unspecified atom stereocenters. The van der Waals surface area contributed by atoms with Gasteiger partial charge in [0.25, 0.3) is 7.37 Å². The van der Waals surface area contributed by atoms with Crippen molar-refractivity contribution in [3.05, 3.63) is 78.4 Å². The highest BCUT2D eigenvalue weighted by molar-refractivity contribution is 7.67. The van der Waals surface area contributed by atoms with E-state index in [2.05, 4.69) is 0 Å². The summed E-state index contributed by atoms with van der Waals surface area (Å²) in [5.41, 5.74) is 2.52. The fourth-order valence-electron chi connectivity index (χ4n) is 2.96. The molecule has 0 aliphatic carbocycles. The highest BCUT2D eigenvalue weighted by Crippen LogP contribution is 2.57. The lowest BCUT2D eigenvalue weighted by Crippen LogP contribution is -2.18. The Labute approximate surface area is 134 Å². The number of phenolic OH excluding ortho intramolecular Hbond substituents is 1. The van der Waals surface area contributed by atoms with Gasteiger partial charge in [-0.15, -0.1) is 0 Å². The zero-order valence-electron chi connectivity index (χ0n) is 12.3. The predicted molar refractivity (Wildman–Crippen MR) is 91.6 cm³/mol. The van der Waals surface area contributed by atoms with Crippen LogP contribution in [0.25, 0.3) is 11.1 Å².